The van der Waals surface area contributed by atoms with Crippen LogP contribution in [-0.2, 0) is 9.59 Å². The molecule has 1 fully saturated rings. The van der Waals surface area contributed by atoms with Gasteiger partial charge in [0.15, 0.2) is 5.66 Å². The topological polar surface area (TPSA) is 91.1 Å². The maximum absolute atomic E-state index is 11.6. The minimum atomic E-state index is -0.775. The summed E-state index contributed by atoms with van der Waals surface area (Å²) in [6, 6.07) is 0. The molecule has 2 rings (SSSR count). The number of nitrogens with one attached hydrogen (secondary N) is 1. The minimum absolute atomic E-state index is 0.0755. The fourth-order valence-corrected chi connectivity index (χ4v) is 2.09. The van der Waals surface area contributed by atoms with Crippen molar-refractivity contribution in [2.24, 2.45) is 22.1 Å². The molecule has 1 amide bonds. The largest absolute Gasteiger partial charge is 0.481 e. The SMILES string of the molecule is C#CCCC1(CCC(=O)NC[C@H]2C[C@H]2C(=O)O)N=N1. The van der Waals surface area contributed by atoms with Gasteiger partial charge in [0.2, 0.25) is 5.91 Å². The highest BCUT2D eigenvalue weighted by Crippen LogP contribution is 2.38. The van der Waals surface area contributed by atoms with Crippen molar-refractivity contribution < 1.29 is 14.7 Å². The summed E-state index contributed by atoms with van der Waals surface area (Å²) in [5.41, 5.74) is -0.424. The van der Waals surface area contributed by atoms with E-state index in [2.05, 4.69) is 21.5 Å². The highest BCUT2D eigenvalue weighted by molar-refractivity contribution is 5.77. The summed E-state index contributed by atoms with van der Waals surface area (Å²) in [7, 11) is 0. The zero-order valence-electron chi connectivity index (χ0n) is 10.6. The first-order valence-corrected chi connectivity index (χ1v) is 6.43. The molecule has 0 aromatic rings. The molecule has 1 aliphatic carbocycles. The lowest BCUT2D eigenvalue weighted by molar-refractivity contribution is -0.139. The predicted octanol–water partition coefficient (Wildman–Crippen LogP) is 1.18. The van der Waals surface area contributed by atoms with Gasteiger partial charge in [0.05, 0.1) is 5.92 Å². The summed E-state index contributed by atoms with van der Waals surface area (Å²) in [5.74, 6) is 1.50. The fraction of sp³-hybridized carbons (Fsp3) is 0.692. The Kier molecular flexibility index (Phi) is 3.84. The van der Waals surface area contributed by atoms with Gasteiger partial charge in [-0.2, -0.15) is 10.2 Å². The molecule has 0 aromatic heterocycles. The molecule has 1 saturated carbocycles. The summed E-state index contributed by atoms with van der Waals surface area (Å²) < 4.78 is 0. The number of hydrogen-bond donors (Lipinski definition) is 2. The Morgan fingerprint density at radius 3 is 2.68 bits per heavy atom. The van der Waals surface area contributed by atoms with Gasteiger partial charge in [0, 0.05) is 32.2 Å². The first kappa shape index (κ1) is 13.5. The van der Waals surface area contributed by atoms with E-state index in [0.717, 1.165) is 0 Å². The van der Waals surface area contributed by atoms with Crippen LogP contribution in [-0.4, -0.2) is 29.2 Å². The van der Waals surface area contributed by atoms with E-state index in [1.165, 1.54) is 0 Å². The number of rotatable bonds is 8. The van der Waals surface area contributed by atoms with Crippen LogP contribution in [0.4, 0.5) is 0 Å². The van der Waals surface area contributed by atoms with Gasteiger partial charge in [-0.25, -0.2) is 0 Å². The summed E-state index contributed by atoms with van der Waals surface area (Å²) >= 11 is 0. The monoisotopic (exact) mass is 263 g/mol. The smallest absolute Gasteiger partial charge is 0.306 e. The number of carbonyl (C=O) groups is 2. The molecular weight excluding hydrogens is 246 g/mol. The van der Waals surface area contributed by atoms with Crippen molar-refractivity contribution in [2.75, 3.05) is 6.54 Å². The van der Waals surface area contributed by atoms with Crippen molar-refractivity contribution in [3.8, 4) is 12.3 Å². The van der Waals surface area contributed by atoms with Gasteiger partial charge in [0.25, 0.3) is 0 Å². The number of nitrogens with zero attached hydrogens (tertiary/aromatic N) is 2. The Labute approximate surface area is 111 Å². The first-order valence-electron chi connectivity index (χ1n) is 6.43. The van der Waals surface area contributed by atoms with Crippen molar-refractivity contribution >= 4 is 11.9 Å². The van der Waals surface area contributed by atoms with Gasteiger partial charge < -0.3 is 10.4 Å². The van der Waals surface area contributed by atoms with Crippen LogP contribution in [0.1, 0.15) is 32.1 Å². The fourth-order valence-electron chi connectivity index (χ4n) is 2.09. The van der Waals surface area contributed by atoms with Crippen molar-refractivity contribution in [3.05, 3.63) is 0 Å². The number of amides is 1. The lowest BCUT2D eigenvalue weighted by Gasteiger charge is -2.08. The maximum Gasteiger partial charge on any atom is 0.306 e. The molecule has 1 aliphatic heterocycles. The Balaban J connectivity index is 1.58. The maximum atomic E-state index is 11.6. The Morgan fingerprint density at radius 2 is 2.16 bits per heavy atom. The minimum Gasteiger partial charge on any atom is -0.481 e. The van der Waals surface area contributed by atoms with Gasteiger partial charge >= 0.3 is 5.97 Å². The molecule has 6 nitrogen and oxygen atoms in total. The number of carboxylic acid groups (broad SMARTS) is 1. The number of carbonyl (C=O) groups excluding carboxylic acids is 1. The van der Waals surface area contributed by atoms with E-state index in [1.54, 1.807) is 0 Å². The molecule has 0 radical (unpaired) electrons. The molecular formula is C13H17N3O3. The molecule has 2 atom stereocenters. The van der Waals surface area contributed by atoms with E-state index in [4.69, 9.17) is 11.5 Å². The molecule has 2 aliphatic rings. The summed E-state index contributed by atoms with van der Waals surface area (Å²) in [6.45, 7) is 0.446. The summed E-state index contributed by atoms with van der Waals surface area (Å²) in [6.07, 6.45) is 8.07. The standard InChI is InChI=1S/C13H17N3O3/c1-2-3-5-13(15-16-13)6-4-11(17)14-8-9-7-10(9)12(18)19/h1,9-10H,3-8H2,(H,14,17)(H,18,19)/t9-,10-/m1/s1. The lowest BCUT2D eigenvalue weighted by Crippen LogP contribution is -2.27. The van der Waals surface area contributed by atoms with Crippen molar-refractivity contribution in [1.82, 2.24) is 5.32 Å². The van der Waals surface area contributed by atoms with Crippen LogP contribution in [0.25, 0.3) is 0 Å². The van der Waals surface area contributed by atoms with Crippen LogP contribution in [0.15, 0.2) is 10.2 Å². The van der Waals surface area contributed by atoms with Crippen LogP contribution in [0.2, 0.25) is 0 Å². The van der Waals surface area contributed by atoms with Crippen molar-refractivity contribution in [1.29, 1.82) is 0 Å². The van der Waals surface area contributed by atoms with E-state index < -0.39 is 11.6 Å². The van der Waals surface area contributed by atoms with Gasteiger partial charge in [0.1, 0.15) is 0 Å². The van der Waals surface area contributed by atoms with Gasteiger partial charge in [-0.3, -0.25) is 9.59 Å². The first-order chi connectivity index (χ1) is 9.06. The quantitative estimate of drug-likeness (QED) is 0.644. The second-order valence-electron chi connectivity index (χ2n) is 5.13. The van der Waals surface area contributed by atoms with Gasteiger partial charge in [-0.15, -0.1) is 12.3 Å². The zero-order chi connectivity index (χ0) is 13.9. The molecule has 0 spiro atoms. The summed E-state index contributed by atoms with van der Waals surface area (Å²) in [5, 5.41) is 19.4. The van der Waals surface area contributed by atoms with Crippen LogP contribution in [0.3, 0.4) is 0 Å². The molecule has 0 bridgehead atoms. The normalized spacial score (nSPS) is 25.4. The predicted molar refractivity (Wildman–Crippen MR) is 67.1 cm³/mol. The van der Waals surface area contributed by atoms with Crippen LogP contribution in [0.5, 0.6) is 0 Å². The average molecular weight is 263 g/mol. The van der Waals surface area contributed by atoms with Crippen LogP contribution in [0, 0.1) is 24.2 Å². The summed E-state index contributed by atoms with van der Waals surface area (Å²) in [4.78, 5) is 22.2. The highest BCUT2D eigenvalue weighted by atomic mass is 16.4. The van der Waals surface area contributed by atoms with Gasteiger partial charge in [-0.05, 0) is 12.3 Å². The van der Waals surface area contributed by atoms with Crippen LogP contribution < -0.4 is 5.32 Å². The molecule has 1 heterocycles. The number of terminal acetylenes is 1. The van der Waals surface area contributed by atoms with E-state index in [9.17, 15) is 9.59 Å². The van der Waals surface area contributed by atoms with Crippen molar-refractivity contribution in [2.45, 2.75) is 37.8 Å². The van der Waals surface area contributed by atoms with Crippen molar-refractivity contribution in [3.63, 3.8) is 0 Å². The second kappa shape index (κ2) is 5.39. The third-order valence-electron chi connectivity index (χ3n) is 3.61. The number of carboxylic acids is 1. The van der Waals surface area contributed by atoms with E-state index in [0.29, 0.717) is 38.6 Å². The zero-order valence-corrected chi connectivity index (χ0v) is 10.6. The van der Waals surface area contributed by atoms with E-state index in [-0.39, 0.29) is 17.7 Å². The molecule has 0 saturated heterocycles. The Morgan fingerprint density at radius 1 is 1.42 bits per heavy atom. The van der Waals surface area contributed by atoms with Gasteiger partial charge in [-0.1, -0.05) is 0 Å². The van der Waals surface area contributed by atoms with Crippen LogP contribution >= 0.6 is 0 Å². The average Bonchev–Trinajstić information content (AvgIpc) is 3.26. The third kappa shape index (κ3) is 3.78. The van der Waals surface area contributed by atoms with E-state index in [1.807, 2.05) is 0 Å². The molecule has 0 unspecified atom stereocenters. The number of hydrogen-bond acceptors (Lipinski definition) is 4. The molecule has 0 aromatic carbocycles. The Hall–Kier alpha value is -1.90. The second-order valence-corrected chi connectivity index (χ2v) is 5.13. The Bertz CT molecular complexity index is 447. The molecule has 102 valence electrons. The molecule has 6 heteroatoms. The lowest BCUT2D eigenvalue weighted by atomic mass is 10.0. The third-order valence-corrected chi connectivity index (χ3v) is 3.61. The number of aliphatic carboxylic acids is 1. The molecule has 2 N–H and O–H groups in total. The highest BCUT2D eigenvalue weighted by Gasteiger charge is 2.43. The molecule has 19 heavy (non-hydrogen) atoms. The van der Waals surface area contributed by atoms with E-state index >= 15 is 0 Å².